The Morgan fingerprint density at radius 1 is 1.04 bits per heavy atom. The lowest BCUT2D eigenvalue weighted by atomic mass is 9.89. The van der Waals surface area contributed by atoms with E-state index in [0.717, 1.165) is 12.0 Å². The Hall–Kier alpha value is -2.39. The van der Waals surface area contributed by atoms with E-state index in [1.54, 1.807) is 13.2 Å². The molecule has 0 aliphatic heterocycles. The summed E-state index contributed by atoms with van der Waals surface area (Å²) >= 11 is 0. The first-order valence-electron chi connectivity index (χ1n) is 7.73. The Labute approximate surface area is 135 Å². The summed E-state index contributed by atoms with van der Waals surface area (Å²) in [4.78, 5) is 0. The Bertz CT molecular complexity index is 810. The molecular weight excluding hydrogens is 289 g/mol. The van der Waals surface area contributed by atoms with Crippen molar-refractivity contribution in [1.29, 1.82) is 0 Å². The van der Waals surface area contributed by atoms with Gasteiger partial charge in [-0.15, -0.1) is 0 Å². The van der Waals surface area contributed by atoms with Crippen LogP contribution < -0.4 is 10.5 Å². The Morgan fingerprint density at radius 3 is 2.61 bits per heavy atom. The van der Waals surface area contributed by atoms with Gasteiger partial charge < -0.3 is 10.5 Å². The van der Waals surface area contributed by atoms with E-state index in [9.17, 15) is 4.39 Å². The number of hydrogen-bond acceptors (Lipinski definition) is 2. The number of rotatable bonds is 5. The molecular formula is C20H20FNO. The van der Waals surface area contributed by atoms with Crippen molar-refractivity contribution in [3.63, 3.8) is 0 Å². The quantitative estimate of drug-likeness (QED) is 0.764. The largest absolute Gasteiger partial charge is 0.496 e. The number of halogens is 1. The average molecular weight is 309 g/mol. The third-order valence-electron chi connectivity index (χ3n) is 4.26. The predicted octanol–water partition coefficient (Wildman–Crippen LogP) is 4.27. The summed E-state index contributed by atoms with van der Waals surface area (Å²) in [5.74, 6) is 0.422. The first-order chi connectivity index (χ1) is 11.2. The van der Waals surface area contributed by atoms with Crippen molar-refractivity contribution in [1.82, 2.24) is 0 Å². The zero-order valence-electron chi connectivity index (χ0n) is 13.1. The fourth-order valence-electron chi connectivity index (χ4n) is 3.08. The predicted molar refractivity (Wildman–Crippen MR) is 92.4 cm³/mol. The second kappa shape index (κ2) is 6.80. The van der Waals surface area contributed by atoms with Gasteiger partial charge >= 0.3 is 0 Å². The highest BCUT2D eigenvalue weighted by Gasteiger charge is 2.17. The lowest BCUT2D eigenvalue weighted by Gasteiger charge is -2.19. The normalized spacial score (nSPS) is 12.3. The maximum atomic E-state index is 13.7. The summed E-state index contributed by atoms with van der Waals surface area (Å²) in [7, 11) is 1.60. The van der Waals surface area contributed by atoms with Crippen molar-refractivity contribution in [2.75, 3.05) is 13.7 Å². The van der Waals surface area contributed by atoms with E-state index < -0.39 is 0 Å². The van der Waals surface area contributed by atoms with Crippen LogP contribution in [0.25, 0.3) is 10.8 Å². The average Bonchev–Trinajstić information content (AvgIpc) is 2.59. The minimum Gasteiger partial charge on any atom is -0.496 e. The maximum absolute atomic E-state index is 13.7. The van der Waals surface area contributed by atoms with E-state index in [4.69, 9.17) is 10.5 Å². The molecule has 3 aromatic carbocycles. The van der Waals surface area contributed by atoms with Gasteiger partial charge in [0.2, 0.25) is 0 Å². The summed E-state index contributed by atoms with van der Waals surface area (Å²) in [6.07, 6.45) is 0.748. The molecule has 23 heavy (non-hydrogen) atoms. The Balaban J connectivity index is 2.01. The van der Waals surface area contributed by atoms with Crippen molar-refractivity contribution >= 4 is 10.8 Å². The van der Waals surface area contributed by atoms with Gasteiger partial charge in [-0.2, -0.15) is 0 Å². The van der Waals surface area contributed by atoms with Gasteiger partial charge in [0, 0.05) is 11.5 Å². The van der Waals surface area contributed by atoms with Crippen LogP contribution in [0.4, 0.5) is 4.39 Å². The van der Waals surface area contributed by atoms with Crippen molar-refractivity contribution < 1.29 is 9.13 Å². The lowest BCUT2D eigenvalue weighted by molar-refractivity contribution is 0.403. The number of benzene rings is 3. The summed E-state index contributed by atoms with van der Waals surface area (Å²) in [6.45, 7) is 0.434. The summed E-state index contributed by atoms with van der Waals surface area (Å²) in [6, 6.07) is 19.1. The van der Waals surface area contributed by atoms with Gasteiger partial charge in [-0.1, -0.05) is 42.5 Å². The van der Waals surface area contributed by atoms with E-state index >= 15 is 0 Å². The molecule has 1 atom stereocenters. The fourth-order valence-corrected chi connectivity index (χ4v) is 3.08. The molecule has 3 aromatic rings. The van der Waals surface area contributed by atoms with Gasteiger partial charge in [0.05, 0.1) is 7.11 Å². The molecule has 0 heterocycles. The van der Waals surface area contributed by atoms with Gasteiger partial charge in [-0.05, 0) is 47.5 Å². The second-order valence-electron chi connectivity index (χ2n) is 5.66. The van der Waals surface area contributed by atoms with E-state index in [1.807, 2.05) is 18.2 Å². The molecule has 0 radical (unpaired) electrons. The lowest BCUT2D eigenvalue weighted by Crippen LogP contribution is -2.16. The second-order valence-corrected chi connectivity index (χ2v) is 5.66. The molecule has 0 aliphatic carbocycles. The molecule has 0 bridgehead atoms. The summed E-state index contributed by atoms with van der Waals surface area (Å²) in [5, 5.41) is 2.41. The zero-order valence-corrected chi connectivity index (χ0v) is 13.1. The smallest absolute Gasteiger partial charge is 0.123 e. The molecule has 0 saturated heterocycles. The zero-order chi connectivity index (χ0) is 16.2. The van der Waals surface area contributed by atoms with Crippen molar-refractivity contribution in [2.45, 2.75) is 12.3 Å². The van der Waals surface area contributed by atoms with E-state index in [2.05, 4.69) is 24.3 Å². The first-order valence-corrected chi connectivity index (χ1v) is 7.73. The Morgan fingerprint density at radius 2 is 1.83 bits per heavy atom. The molecule has 0 fully saturated rings. The minimum absolute atomic E-state index is 0.00598. The fraction of sp³-hybridized carbons (Fsp3) is 0.200. The van der Waals surface area contributed by atoms with Crippen LogP contribution in [-0.2, 0) is 6.42 Å². The third kappa shape index (κ3) is 3.20. The van der Waals surface area contributed by atoms with Crippen LogP contribution in [-0.4, -0.2) is 13.7 Å². The molecule has 0 amide bonds. The number of nitrogens with two attached hydrogens (primary N) is 1. The summed E-state index contributed by atoms with van der Waals surface area (Å²) < 4.78 is 19.1. The van der Waals surface area contributed by atoms with Crippen LogP contribution in [0, 0.1) is 5.82 Å². The highest BCUT2D eigenvalue weighted by atomic mass is 19.1. The molecule has 3 heteroatoms. The van der Waals surface area contributed by atoms with Crippen LogP contribution in [0.1, 0.15) is 17.0 Å². The SMILES string of the molecule is COc1ccc(F)cc1C(CN)Cc1cccc2ccccc12. The maximum Gasteiger partial charge on any atom is 0.123 e. The molecule has 0 spiro atoms. The first kappa shape index (κ1) is 15.5. The van der Waals surface area contributed by atoms with E-state index in [-0.39, 0.29) is 11.7 Å². The molecule has 0 aliphatic rings. The number of methoxy groups -OCH3 is 1. The van der Waals surface area contributed by atoms with Crippen molar-refractivity contribution in [3.8, 4) is 5.75 Å². The van der Waals surface area contributed by atoms with Crippen LogP contribution in [0.2, 0.25) is 0 Å². The van der Waals surface area contributed by atoms with Crippen LogP contribution in [0.15, 0.2) is 60.7 Å². The van der Waals surface area contributed by atoms with Crippen LogP contribution in [0.5, 0.6) is 5.75 Å². The monoisotopic (exact) mass is 309 g/mol. The third-order valence-corrected chi connectivity index (χ3v) is 4.26. The van der Waals surface area contributed by atoms with Gasteiger partial charge in [0.1, 0.15) is 11.6 Å². The standard InChI is InChI=1S/C20H20FNO/c1-23-20-10-9-17(21)12-19(20)16(13-22)11-15-7-4-6-14-5-2-3-8-18(14)15/h2-10,12,16H,11,13,22H2,1H3. The summed E-state index contributed by atoms with van der Waals surface area (Å²) in [5.41, 5.74) is 8.03. The molecule has 1 unspecified atom stereocenters. The van der Waals surface area contributed by atoms with Gasteiger partial charge in [0.15, 0.2) is 0 Å². The van der Waals surface area contributed by atoms with Crippen molar-refractivity contribution in [2.24, 2.45) is 5.73 Å². The van der Waals surface area contributed by atoms with Gasteiger partial charge in [-0.3, -0.25) is 0 Å². The molecule has 2 nitrogen and oxygen atoms in total. The highest BCUT2D eigenvalue weighted by Crippen LogP contribution is 2.31. The number of ether oxygens (including phenoxy) is 1. The van der Waals surface area contributed by atoms with Gasteiger partial charge in [-0.25, -0.2) is 4.39 Å². The van der Waals surface area contributed by atoms with Gasteiger partial charge in [0.25, 0.3) is 0 Å². The molecule has 0 aromatic heterocycles. The van der Waals surface area contributed by atoms with Crippen LogP contribution in [0.3, 0.4) is 0 Å². The van der Waals surface area contributed by atoms with E-state index in [1.165, 1.54) is 28.5 Å². The molecule has 118 valence electrons. The number of fused-ring (bicyclic) bond motifs is 1. The molecule has 2 N–H and O–H groups in total. The topological polar surface area (TPSA) is 35.2 Å². The minimum atomic E-state index is -0.267. The van der Waals surface area contributed by atoms with E-state index in [0.29, 0.717) is 12.3 Å². The molecule has 3 rings (SSSR count). The van der Waals surface area contributed by atoms with Crippen LogP contribution >= 0.6 is 0 Å². The van der Waals surface area contributed by atoms with Crippen molar-refractivity contribution in [3.05, 3.63) is 77.6 Å². The Kier molecular flexibility index (Phi) is 4.58. The highest BCUT2D eigenvalue weighted by molar-refractivity contribution is 5.85. The molecule has 0 saturated carbocycles. The number of hydrogen-bond donors (Lipinski definition) is 1.